The molecule has 0 fully saturated rings. The van der Waals surface area contributed by atoms with E-state index in [1.165, 1.54) is 14.0 Å². The van der Waals surface area contributed by atoms with Crippen LogP contribution in [-0.2, 0) is 9.53 Å². The quantitative estimate of drug-likeness (QED) is 0.811. The molecule has 1 amide bonds. The van der Waals surface area contributed by atoms with Crippen LogP contribution in [0.1, 0.15) is 38.2 Å². The van der Waals surface area contributed by atoms with Crippen LogP contribution in [0.15, 0.2) is 18.2 Å². The van der Waals surface area contributed by atoms with E-state index >= 15 is 0 Å². The number of hydrogen-bond acceptors (Lipinski definition) is 5. The van der Waals surface area contributed by atoms with E-state index in [9.17, 15) is 9.59 Å². The maximum atomic E-state index is 12.3. The number of aromatic nitrogens is 1. The molecule has 1 aromatic carbocycles. The summed E-state index contributed by atoms with van der Waals surface area (Å²) in [5, 5.41) is 3.52. The molecule has 1 heterocycles. The molecule has 0 saturated heterocycles. The van der Waals surface area contributed by atoms with Crippen molar-refractivity contribution in [3.8, 4) is 11.5 Å². The molecule has 0 aliphatic rings. The molecule has 0 spiro atoms. The van der Waals surface area contributed by atoms with E-state index in [-0.39, 0.29) is 11.6 Å². The van der Waals surface area contributed by atoms with Gasteiger partial charge in [0.25, 0.3) is 5.91 Å². The van der Waals surface area contributed by atoms with Crippen molar-refractivity contribution in [2.45, 2.75) is 39.3 Å². The second-order valence-corrected chi connectivity index (χ2v) is 6.76. The molecular weight excluding hydrogens is 324 g/mol. The summed E-state index contributed by atoms with van der Waals surface area (Å²) in [6.45, 7) is 7.11. The molecule has 2 rings (SSSR count). The third-order valence-corrected chi connectivity index (χ3v) is 3.49. The molecule has 136 valence electrons. The van der Waals surface area contributed by atoms with Gasteiger partial charge in [-0.3, -0.25) is 4.79 Å². The highest BCUT2D eigenvalue weighted by atomic mass is 16.5. The SMILES string of the molecule is COc1cc(OC)c2[nH]c(C(=O)O[C@H](C)C(=O)NC(C)(C)C)cc2c1. The van der Waals surface area contributed by atoms with Gasteiger partial charge in [0.1, 0.15) is 17.2 Å². The minimum atomic E-state index is -0.908. The molecule has 1 atom stereocenters. The van der Waals surface area contributed by atoms with Crippen LogP contribution >= 0.6 is 0 Å². The molecule has 0 unspecified atom stereocenters. The Bertz CT molecular complexity index is 789. The zero-order chi connectivity index (χ0) is 18.8. The Morgan fingerprint density at radius 1 is 1.12 bits per heavy atom. The van der Waals surface area contributed by atoms with Crippen LogP contribution in [0, 0.1) is 0 Å². The topological polar surface area (TPSA) is 89.7 Å². The fourth-order valence-electron chi connectivity index (χ4n) is 2.32. The highest BCUT2D eigenvalue weighted by Crippen LogP contribution is 2.31. The monoisotopic (exact) mass is 348 g/mol. The van der Waals surface area contributed by atoms with Crippen molar-refractivity contribution in [1.29, 1.82) is 0 Å². The van der Waals surface area contributed by atoms with Crippen LogP contribution in [0.4, 0.5) is 0 Å². The van der Waals surface area contributed by atoms with Gasteiger partial charge >= 0.3 is 5.97 Å². The normalized spacial score (nSPS) is 12.6. The van der Waals surface area contributed by atoms with Crippen LogP contribution in [-0.4, -0.2) is 42.7 Å². The van der Waals surface area contributed by atoms with Gasteiger partial charge in [0, 0.05) is 17.0 Å². The Labute approximate surface area is 146 Å². The Balaban J connectivity index is 2.21. The van der Waals surface area contributed by atoms with Crippen molar-refractivity contribution in [2.75, 3.05) is 14.2 Å². The number of esters is 1. The number of H-pyrrole nitrogens is 1. The smallest absolute Gasteiger partial charge is 0.355 e. The van der Waals surface area contributed by atoms with Crippen LogP contribution in [0.3, 0.4) is 0 Å². The highest BCUT2D eigenvalue weighted by Gasteiger charge is 2.24. The lowest BCUT2D eigenvalue weighted by atomic mass is 10.1. The van der Waals surface area contributed by atoms with E-state index in [0.717, 1.165) is 5.39 Å². The fourth-order valence-corrected chi connectivity index (χ4v) is 2.32. The zero-order valence-corrected chi connectivity index (χ0v) is 15.4. The number of carbonyl (C=O) groups is 2. The molecule has 2 N–H and O–H groups in total. The van der Waals surface area contributed by atoms with Crippen molar-refractivity contribution in [3.05, 3.63) is 23.9 Å². The van der Waals surface area contributed by atoms with Crippen molar-refractivity contribution in [3.63, 3.8) is 0 Å². The van der Waals surface area contributed by atoms with E-state index in [4.69, 9.17) is 14.2 Å². The average Bonchev–Trinajstić information content (AvgIpc) is 2.96. The molecule has 1 aromatic heterocycles. The summed E-state index contributed by atoms with van der Waals surface area (Å²) in [4.78, 5) is 27.4. The second kappa shape index (κ2) is 7.04. The number of rotatable bonds is 5. The largest absolute Gasteiger partial charge is 0.497 e. The van der Waals surface area contributed by atoms with Crippen molar-refractivity contribution in [2.24, 2.45) is 0 Å². The molecule has 7 nitrogen and oxygen atoms in total. The van der Waals surface area contributed by atoms with Gasteiger partial charge in [-0.1, -0.05) is 0 Å². The third-order valence-electron chi connectivity index (χ3n) is 3.49. The van der Waals surface area contributed by atoms with Crippen LogP contribution in [0.25, 0.3) is 10.9 Å². The predicted octanol–water partition coefficient (Wildman–Crippen LogP) is 2.65. The summed E-state index contributed by atoms with van der Waals surface area (Å²) in [6.07, 6.45) is -0.908. The maximum absolute atomic E-state index is 12.3. The third kappa shape index (κ3) is 4.43. The summed E-state index contributed by atoms with van der Waals surface area (Å²) in [5.74, 6) is 0.193. The maximum Gasteiger partial charge on any atom is 0.355 e. The number of ether oxygens (including phenoxy) is 3. The number of hydrogen-bond donors (Lipinski definition) is 2. The van der Waals surface area contributed by atoms with Gasteiger partial charge in [-0.15, -0.1) is 0 Å². The van der Waals surface area contributed by atoms with Crippen molar-refractivity contribution in [1.82, 2.24) is 10.3 Å². The van der Waals surface area contributed by atoms with Gasteiger partial charge < -0.3 is 24.5 Å². The van der Waals surface area contributed by atoms with E-state index in [2.05, 4.69) is 10.3 Å². The highest BCUT2D eigenvalue weighted by molar-refractivity contribution is 5.98. The summed E-state index contributed by atoms with van der Waals surface area (Å²) in [6, 6.07) is 5.13. The molecule has 0 aliphatic carbocycles. The van der Waals surface area contributed by atoms with Crippen molar-refractivity contribution < 1.29 is 23.8 Å². The van der Waals surface area contributed by atoms with Gasteiger partial charge in [-0.2, -0.15) is 0 Å². The molecule has 0 saturated carbocycles. The predicted molar refractivity (Wildman–Crippen MR) is 94.2 cm³/mol. The first-order valence-electron chi connectivity index (χ1n) is 7.92. The Morgan fingerprint density at radius 2 is 1.80 bits per heavy atom. The molecule has 0 aliphatic heterocycles. The molecule has 7 heteroatoms. The van der Waals surface area contributed by atoms with E-state index in [1.807, 2.05) is 20.8 Å². The lowest BCUT2D eigenvalue weighted by Crippen LogP contribution is -2.46. The summed E-state index contributed by atoms with van der Waals surface area (Å²) in [5.41, 5.74) is 0.488. The van der Waals surface area contributed by atoms with Crippen molar-refractivity contribution >= 4 is 22.8 Å². The number of fused-ring (bicyclic) bond motifs is 1. The molecule has 0 radical (unpaired) electrons. The number of benzene rings is 1. The van der Waals surface area contributed by atoms with Crippen LogP contribution < -0.4 is 14.8 Å². The summed E-state index contributed by atoms with van der Waals surface area (Å²) in [7, 11) is 3.09. The van der Waals surface area contributed by atoms with E-state index in [0.29, 0.717) is 17.0 Å². The Hall–Kier alpha value is -2.70. The van der Waals surface area contributed by atoms with Gasteiger partial charge in [0.2, 0.25) is 0 Å². The Morgan fingerprint density at radius 3 is 2.36 bits per heavy atom. The van der Waals surface area contributed by atoms with Gasteiger partial charge in [0.05, 0.1) is 19.7 Å². The average molecular weight is 348 g/mol. The van der Waals surface area contributed by atoms with Gasteiger partial charge in [-0.05, 0) is 39.8 Å². The lowest BCUT2D eigenvalue weighted by molar-refractivity contribution is -0.130. The first kappa shape index (κ1) is 18.6. The number of aromatic amines is 1. The van der Waals surface area contributed by atoms with Gasteiger partial charge in [-0.25, -0.2) is 4.79 Å². The van der Waals surface area contributed by atoms with Gasteiger partial charge in [0.15, 0.2) is 6.10 Å². The summed E-state index contributed by atoms with van der Waals surface area (Å²) < 4.78 is 15.8. The number of amides is 1. The fraction of sp³-hybridized carbons (Fsp3) is 0.444. The van der Waals surface area contributed by atoms with E-state index in [1.54, 1.807) is 25.3 Å². The first-order valence-corrected chi connectivity index (χ1v) is 7.92. The number of methoxy groups -OCH3 is 2. The molecule has 25 heavy (non-hydrogen) atoms. The zero-order valence-electron chi connectivity index (χ0n) is 15.4. The Kier molecular flexibility index (Phi) is 5.25. The van der Waals surface area contributed by atoms with Crippen LogP contribution in [0.2, 0.25) is 0 Å². The minimum absolute atomic E-state index is 0.233. The van der Waals surface area contributed by atoms with E-state index < -0.39 is 17.6 Å². The second-order valence-electron chi connectivity index (χ2n) is 6.76. The molecule has 2 aromatic rings. The first-order chi connectivity index (χ1) is 11.6. The number of carbonyl (C=O) groups excluding carboxylic acids is 2. The molecular formula is C18H24N2O5. The number of nitrogens with one attached hydrogen (secondary N) is 2. The van der Waals surface area contributed by atoms with Crippen LogP contribution in [0.5, 0.6) is 11.5 Å². The standard InChI is InChI=1S/C18H24N2O5/c1-10(16(21)20-18(2,3)4)25-17(22)13-8-11-7-12(23-5)9-14(24-6)15(11)19-13/h7-10,19H,1-6H3,(H,20,21)/t10-/m1/s1. The summed E-state index contributed by atoms with van der Waals surface area (Å²) >= 11 is 0. The molecule has 0 bridgehead atoms. The lowest BCUT2D eigenvalue weighted by Gasteiger charge is -2.23. The minimum Gasteiger partial charge on any atom is -0.497 e.